The highest BCUT2D eigenvalue weighted by molar-refractivity contribution is 7.71. The van der Waals surface area contributed by atoms with Crippen LogP contribution in [0, 0.1) is 17.1 Å². The topological polar surface area (TPSA) is 28.7 Å². The Morgan fingerprint density at radius 3 is 2.55 bits per heavy atom. The zero-order valence-electron chi connectivity index (χ0n) is 13.7. The van der Waals surface area contributed by atoms with Crippen LogP contribution >= 0.6 is 12.2 Å². The monoisotopic (exact) mass is 310 g/mol. The van der Waals surface area contributed by atoms with Gasteiger partial charge in [-0.25, -0.2) is 4.98 Å². The summed E-state index contributed by atoms with van der Waals surface area (Å²) in [5.74, 6) is 0.572. The van der Waals surface area contributed by atoms with Crippen LogP contribution in [0.2, 0.25) is 0 Å². The fraction of sp³-hybridized carbons (Fsp3) is 0.474. The van der Waals surface area contributed by atoms with E-state index in [9.17, 15) is 0 Å². The minimum atomic E-state index is 0.183. The molecule has 1 saturated carbocycles. The SMILES string of the molecule is Cc1ccc(-c2nc(=S)[nH]c3c2C2CCC3(C)C2(C)C)cc1. The van der Waals surface area contributed by atoms with E-state index in [1.54, 1.807) is 0 Å². The Hall–Kier alpha value is -1.48. The highest BCUT2D eigenvalue weighted by Gasteiger charge is 2.60. The van der Waals surface area contributed by atoms with E-state index in [1.165, 1.54) is 35.2 Å². The molecule has 2 aliphatic rings. The number of aromatic amines is 1. The van der Waals surface area contributed by atoms with Gasteiger partial charge in [0.1, 0.15) is 0 Å². The molecule has 1 heterocycles. The summed E-state index contributed by atoms with van der Waals surface area (Å²) in [6.45, 7) is 9.31. The molecule has 1 N–H and O–H groups in total. The molecule has 0 aliphatic heterocycles. The minimum absolute atomic E-state index is 0.183. The summed E-state index contributed by atoms with van der Waals surface area (Å²) < 4.78 is 0.610. The average molecular weight is 310 g/mol. The highest BCUT2D eigenvalue weighted by Crippen LogP contribution is 2.68. The molecular weight excluding hydrogens is 288 g/mol. The normalized spacial score (nSPS) is 27.9. The predicted octanol–water partition coefficient (Wildman–Crippen LogP) is 5.29. The second kappa shape index (κ2) is 4.29. The first-order valence-electron chi connectivity index (χ1n) is 8.06. The van der Waals surface area contributed by atoms with Gasteiger partial charge in [0.2, 0.25) is 0 Å². The number of hydrogen-bond donors (Lipinski definition) is 1. The van der Waals surface area contributed by atoms with Crippen molar-refractivity contribution in [1.29, 1.82) is 0 Å². The van der Waals surface area contributed by atoms with Gasteiger partial charge in [-0.15, -0.1) is 0 Å². The summed E-state index contributed by atoms with van der Waals surface area (Å²) in [5, 5.41) is 0. The Bertz CT molecular complexity index is 816. The van der Waals surface area contributed by atoms with E-state index in [0.29, 0.717) is 10.7 Å². The molecular formula is C19H22N2S. The number of nitrogens with one attached hydrogen (secondary N) is 1. The van der Waals surface area contributed by atoms with Gasteiger partial charge < -0.3 is 4.98 Å². The quantitative estimate of drug-likeness (QED) is 0.725. The van der Waals surface area contributed by atoms with Crippen LogP contribution in [-0.4, -0.2) is 9.97 Å². The van der Waals surface area contributed by atoms with Crippen molar-refractivity contribution < 1.29 is 0 Å². The standard InChI is InChI=1S/C19H22N2S/c1-11-5-7-12(8-6-11)15-14-13-9-10-19(4,18(13,2)3)16(14)21-17(22)20-15/h5-8,13H,9-10H2,1-4H3,(H,20,21,22). The maximum absolute atomic E-state index is 5.44. The first-order valence-corrected chi connectivity index (χ1v) is 8.47. The molecule has 0 amide bonds. The van der Waals surface area contributed by atoms with E-state index < -0.39 is 0 Å². The number of aromatic nitrogens is 2. The lowest BCUT2D eigenvalue weighted by Gasteiger charge is -2.34. The van der Waals surface area contributed by atoms with E-state index in [4.69, 9.17) is 17.2 Å². The second-order valence-corrected chi connectivity index (χ2v) is 8.08. The van der Waals surface area contributed by atoms with Crippen molar-refractivity contribution in [1.82, 2.24) is 9.97 Å². The summed E-state index contributed by atoms with van der Waals surface area (Å²) in [4.78, 5) is 8.16. The van der Waals surface area contributed by atoms with Gasteiger partial charge in [0.25, 0.3) is 0 Å². The molecule has 114 valence electrons. The third-order valence-electron chi connectivity index (χ3n) is 6.42. The van der Waals surface area contributed by atoms with Crippen LogP contribution < -0.4 is 0 Å². The summed E-state index contributed by atoms with van der Waals surface area (Å²) >= 11 is 5.44. The van der Waals surface area contributed by atoms with Crippen molar-refractivity contribution in [2.45, 2.75) is 51.9 Å². The van der Waals surface area contributed by atoms with E-state index in [2.05, 4.69) is 56.9 Å². The maximum atomic E-state index is 5.44. The fourth-order valence-corrected chi connectivity index (χ4v) is 4.83. The van der Waals surface area contributed by atoms with Crippen LogP contribution in [0.25, 0.3) is 11.3 Å². The molecule has 1 aromatic heterocycles. The summed E-state index contributed by atoms with van der Waals surface area (Å²) in [7, 11) is 0. The molecule has 2 aromatic rings. The highest BCUT2D eigenvalue weighted by atomic mass is 32.1. The van der Waals surface area contributed by atoms with Crippen molar-refractivity contribution in [2.75, 3.05) is 0 Å². The number of fused-ring (bicyclic) bond motifs is 5. The van der Waals surface area contributed by atoms with Gasteiger partial charge >= 0.3 is 0 Å². The third-order valence-corrected chi connectivity index (χ3v) is 6.61. The average Bonchev–Trinajstić information content (AvgIpc) is 2.79. The number of benzene rings is 1. The predicted molar refractivity (Wildman–Crippen MR) is 92.7 cm³/mol. The first kappa shape index (κ1) is 14.1. The third kappa shape index (κ3) is 1.60. The van der Waals surface area contributed by atoms with E-state index in [-0.39, 0.29) is 10.8 Å². The minimum Gasteiger partial charge on any atom is -0.334 e. The largest absolute Gasteiger partial charge is 0.334 e. The van der Waals surface area contributed by atoms with Crippen LogP contribution in [0.4, 0.5) is 0 Å². The van der Waals surface area contributed by atoms with E-state index in [0.717, 1.165) is 5.69 Å². The lowest BCUT2D eigenvalue weighted by molar-refractivity contribution is 0.227. The van der Waals surface area contributed by atoms with Crippen molar-refractivity contribution >= 4 is 12.2 Å². The van der Waals surface area contributed by atoms with Crippen LogP contribution in [0.5, 0.6) is 0 Å². The Morgan fingerprint density at radius 2 is 1.86 bits per heavy atom. The number of H-pyrrole nitrogens is 1. The molecule has 2 aliphatic carbocycles. The van der Waals surface area contributed by atoms with Gasteiger partial charge in [0, 0.05) is 22.2 Å². The number of aryl methyl sites for hydroxylation is 1. The van der Waals surface area contributed by atoms with E-state index in [1.807, 2.05) is 0 Å². The van der Waals surface area contributed by atoms with Gasteiger partial charge in [0.05, 0.1) is 5.69 Å². The van der Waals surface area contributed by atoms with Crippen molar-refractivity contribution in [3.63, 3.8) is 0 Å². The molecule has 22 heavy (non-hydrogen) atoms. The molecule has 1 aromatic carbocycles. The van der Waals surface area contributed by atoms with Crippen molar-refractivity contribution in [3.8, 4) is 11.3 Å². The molecule has 4 rings (SSSR count). The Kier molecular flexibility index (Phi) is 2.75. The van der Waals surface area contributed by atoms with Crippen molar-refractivity contribution in [3.05, 3.63) is 45.9 Å². The van der Waals surface area contributed by atoms with Crippen LogP contribution in [0.15, 0.2) is 24.3 Å². The van der Waals surface area contributed by atoms with Crippen LogP contribution in [-0.2, 0) is 5.41 Å². The molecule has 1 fully saturated rings. The van der Waals surface area contributed by atoms with Gasteiger partial charge in [-0.05, 0) is 43.3 Å². The van der Waals surface area contributed by atoms with Gasteiger partial charge in [-0.3, -0.25) is 0 Å². The second-order valence-electron chi connectivity index (χ2n) is 7.69. The number of nitrogens with zero attached hydrogens (tertiary/aromatic N) is 1. The Balaban J connectivity index is 2.02. The summed E-state index contributed by atoms with van der Waals surface area (Å²) in [6, 6.07) is 8.66. The van der Waals surface area contributed by atoms with Gasteiger partial charge in [-0.1, -0.05) is 50.6 Å². The van der Waals surface area contributed by atoms with Crippen LogP contribution in [0.3, 0.4) is 0 Å². The van der Waals surface area contributed by atoms with Gasteiger partial charge in [-0.2, -0.15) is 0 Å². The molecule has 0 radical (unpaired) electrons. The lowest BCUT2D eigenvalue weighted by Crippen LogP contribution is -2.32. The van der Waals surface area contributed by atoms with Crippen LogP contribution in [0.1, 0.15) is 56.4 Å². The molecule has 0 spiro atoms. The zero-order valence-corrected chi connectivity index (χ0v) is 14.5. The first-order chi connectivity index (χ1) is 10.3. The number of rotatable bonds is 1. The fourth-order valence-electron chi connectivity index (χ4n) is 4.64. The molecule has 2 nitrogen and oxygen atoms in total. The van der Waals surface area contributed by atoms with E-state index >= 15 is 0 Å². The molecule has 2 atom stereocenters. The molecule has 0 saturated heterocycles. The maximum Gasteiger partial charge on any atom is 0.197 e. The lowest BCUT2D eigenvalue weighted by atomic mass is 9.70. The van der Waals surface area contributed by atoms with Crippen molar-refractivity contribution in [2.24, 2.45) is 5.41 Å². The Labute approximate surface area is 137 Å². The summed E-state index contributed by atoms with van der Waals surface area (Å²) in [5.41, 5.74) is 6.75. The van der Waals surface area contributed by atoms with Gasteiger partial charge in [0.15, 0.2) is 4.77 Å². The summed E-state index contributed by atoms with van der Waals surface area (Å²) in [6.07, 6.45) is 2.49. The molecule has 2 bridgehead atoms. The molecule has 2 unspecified atom stereocenters. The Morgan fingerprint density at radius 1 is 1.18 bits per heavy atom. The molecule has 3 heteroatoms. The smallest absolute Gasteiger partial charge is 0.197 e. The zero-order chi connectivity index (χ0) is 15.7. The number of hydrogen-bond acceptors (Lipinski definition) is 2.